The SMILES string of the molecule is COC(=O)c1cc(-c2ccc(Cl)c(Cl)c2)nc2c1c(C)nn2C. The van der Waals surface area contributed by atoms with Gasteiger partial charge in [-0.1, -0.05) is 29.3 Å². The van der Waals surface area contributed by atoms with Crippen LogP contribution in [0.2, 0.25) is 10.0 Å². The van der Waals surface area contributed by atoms with E-state index in [4.69, 9.17) is 27.9 Å². The summed E-state index contributed by atoms with van der Waals surface area (Å²) in [6, 6.07) is 6.88. The van der Waals surface area contributed by atoms with Gasteiger partial charge in [-0.05, 0) is 25.1 Å². The molecule has 3 aromatic rings. The topological polar surface area (TPSA) is 57.0 Å². The Hall–Kier alpha value is -2.11. The number of carbonyl (C=O) groups excluding carboxylic acids is 1. The molecule has 7 heteroatoms. The number of benzene rings is 1. The Bertz CT molecular complexity index is 935. The molecule has 0 saturated heterocycles. The predicted octanol–water partition coefficient (Wildman–Crippen LogP) is 4.04. The summed E-state index contributed by atoms with van der Waals surface area (Å²) in [4.78, 5) is 16.8. The predicted molar refractivity (Wildman–Crippen MR) is 90.0 cm³/mol. The first-order chi connectivity index (χ1) is 10.9. The highest BCUT2D eigenvalue weighted by molar-refractivity contribution is 6.42. The van der Waals surface area contributed by atoms with Gasteiger partial charge in [0, 0.05) is 12.6 Å². The van der Waals surface area contributed by atoms with Gasteiger partial charge in [0.25, 0.3) is 0 Å². The first kappa shape index (κ1) is 15.8. The number of rotatable bonds is 2. The molecular formula is C16H13Cl2N3O2. The van der Waals surface area contributed by atoms with Crippen molar-refractivity contribution in [3.8, 4) is 11.3 Å². The van der Waals surface area contributed by atoms with Gasteiger partial charge in [-0.2, -0.15) is 5.10 Å². The minimum Gasteiger partial charge on any atom is -0.465 e. The van der Waals surface area contributed by atoms with Crippen molar-refractivity contribution < 1.29 is 9.53 Å². The van der Waals surface area contributed by atoms with E-state index in [1.807, 2.05) is 6.92 Å². The molecule has 0 unspecified atom stereocenters. The summed E-state index contributed by atoms with van der Waals surface area (Å²) in [6.45, 7) is 1.83. The zero-order chi connectivity index (χ0) is 16.7. The molecule has 118 valence electrons. The summed E-state index contributed by atoms with van der Waals surface area (Å²) in [5.41, 5.74) is 3.09. The Morgan fingerprint density at radius 2 is 1.96 bits per heavy atom. The largest absolute Gasteiger partial charge is 0.465 e. The number of fused-ring (bicyclic) bond motifs is 1. The summed E-state index contributed by atoms with van der Waals surface area (Å²) >= 11 is 12.0. The molecule has 2 heterocycles. The normalized spacial score (nSPS) is 11.0. The van der Waals surface area contributed by atoms with Gasteiger partial charge < -0.3 is 4.74 Å². The van der Waals surface area contributed by atoms with Gasteiger partial charge >= 0.3 is 5.97 Å². The van der Waals surface area contributed by atoms with Crippen LogP contribution in [0.5, 0.6) is 0 Å². The van der Waals surface area contributed by atoms with Crippen LogP contribution in [0.25, 0.3) is 22.3 Å². The molecule has 0 spiro atoms. The minimum absolute atomic E-state index is 0.421. The van der Waals surface area contributed by atoms with Crippen LogP contribution in [0.15, 0.2) is 24.3 Å². The lowest BCUT2D eigenvalue weighted by molar-refractivity contribution is 0.0603. The maximum Gasteiger partial charge on any atom is 0.338 e. The van der Waals surface area contributed by atoms with Gasteiger partial charge in [0.1, 0.15) is 0 Å². The second-order valence-electron chi connectivity index (χ2n) is 5.08. The van der Waals surface area contributed by atoms with Crippen LogP contribution in [0.1, 0.15) is 16.1 Å². The zero-order valence-electron chi connectivity index (χ0n) is 12.7. The molecule has 0 aliphatic carbocycles. The van der Waals surface area contributed by atoms with Gasteiger partial charge in [0.15, 0.2) is 5.65 Å². The van der Waals surface area contributed by atoms with E-state index in [1.54, 1.807) is 36.0 Å². The molecule has 0 N–H and O–H groups in total. The lowest BCUT2D eigenvalue weighted by Crippen LogP contribution is -2.04. The Morgan fingerprint density at radius 3 is 2.61 bits per heavy atom. The molecule has 0 atom stereocenters. The van der Waals surface area contributed by atoms with Gasteiger partial charge in [-0.15, -0.1) is 0 Å². The van der Waals surface area contributed by atoms with E-state index in [9.17, 15) is 4.79 Å². The number of methoxy groups -OCH3 is 1. The molecule has 0 aliphatic heterocycles. The summed E-state index contributed by atoms with van der Waals surface area (Å²) in [5, 5.41) is 5.90. The maximum absolute atomic E-state index is 12.2. The second kappa shape index (κ2) is 5.83. The van der Waals surface area contributed by atoms with Crippen molar-refractivity contribution in [2.45, 2.75) is 6.92 Å². The van der Waals surface area contributed by atoms with Crippen molar-refractivity contribution >= 4 is 40.2 Å². The number of esters is 1. The number of hydrogen-bond donors (Lipinski definition) is 0. The molecular weight excluding hydrogens is 337 g/mol. The fraction of sp³-hybridized carbons (Fsp3) is 0.188. The fourth-order valence-electron chi connectivity index (χ4n) is 2.52. The first-order valence-corrected chi connectivity index (χ1v) is 7.56. The van der Waals surface area contributed by atoms with Crippen LogP contribution in [0.4, 0.5) is 0 Å². The molecule has 0 bridgehead atoms. The van der Waals surface area contributed by atoms with E-state index in [1.165, 1.54) is 7.11 Å². The smallest absolute Gasteiger partial charge is 0.338 e. The number of aromatic nitrogens is 3. The Balaban J connectivity index is 2.32. The summed E-state index contributed by atoms with van der Waals surface area (Å²) < 4.78 is 6.53. The van der Waals surface area contributed by atoms with Crippen molar-refractivity contribution in [3.63, 3.8) is 0 Å². The van der Waals surface area contributed by atoms with Crippen LogP contribution < -0.4 is 0 Å². The van der Waals surface area contributed by atoms with Crippen LogP contribution in [0, 0.1) is 6.92 Å². The lowest BCUT2D eigenvalue weighted by atomic mass is 10.1. The third-order valence-electron chi connectivity index (χ3n) is 3.59. The fourth-order valence-corrected chi connectivity index (χ4v) is 2.82. The monoisotopic (exact) mass is 349 g/mol. The lowest BCUT2D eigenvalue weighted by Gasteiger charge is -2.08. The molecule has 2 aromatic heterocycles. The van der Waals surface area contributed by atoms with Crippen LogP contribution in [-0.2, 0) is 11.8 Å². The standard InChI is InChI=1S/C16H13Cl2N3O2/c1-8-14-10(16(22)23-3)7-13(19-15(14)21(2)20-8)9-4-5-11(17)12(18)6-9/h4-7H,1-3H3. The van der Waals surface area contributed by atoms with Crippen molar-refractivity contribution in [3.05, 3.63) is 45.6 Å². The van der Waals surface area contributed by atoms with Crippen molar-refractivity contribution in [2.24, 2.45) is 7.05 Å². The maximum atomic E-state index is 12.2. The highest BCUT2D eigenvalue weighted by Crippen LogP contribution is 2.31. The Kier molecular flexibility index (Phi) is 4.00. The number of nitrogens with zero attached hydrogens (tertiary/aromatic N) is 3. The van der Waals surface area contributed by atoms with Gasteiger partial charge in [0.2, 0.25) is 0 Å². The Labute approximate surface area is 142 Å². The van der Waals surface area contributed by atoms with Crippen LogP contribution in [0.3, 0.4) is 0 Å². The summed E-state index contributed by atoms with van der Waals surface area (Å²) in [7, 11) is 3.13. The molecule has 1 aromatic carbocycles. The number of aryl methyl sites for hydroxylation is 2. The van der Waals surface area contributed by atoms with Gasteiger partial charge in [-0.3, -0.25) is 4.68 Å². The highest BCUT2D eigenvalue weighted by atomic mass is 35.5. The van der Waals surface area contributed by atoms with Crippen molar-refractivity contribution in [1.29, 1.82) is 0 Å². The van der Waals surface area contributed by atoms with Crippen LogP contribution in [-0.4, -0.2) is 27.8 Å². The van der Waals surface area contributed by atoms with Gasteiger partial charge in [0.05, 0.1) is 39.5 Å². The van der Waals surface area contributed by atoms with E-state index in [0.29, 0.717) is 32.3 Å². The van der Waals surface area contributed by atoms with E-state index in [0.717, 1.165) is 11.3 Å². The minimum atomic E-state index is -0.435. The molecule has 23 heavy (non-hydrogen) atoms. The molecule has 0 radical (unpaired) electrons. The van der Waals surface area contributed by atoms with Crippen molar-refractivity contribution in [2.75, 3.05) is 7.11 Å². The molecule has 0 saturated carbocycles. The van der Waals surface area contributed by atoms with Gasteiger partial charge in [-0.25, -0.2) is 9.78 Å². The number of halogens is 2. The number of hydrogen-bond acceptors (Lipinski definition) is 4. The highest BCUT2D eigenvalue weighted by Gasteiger charge is 2.19. The molecule has 5 nitrogen and oxygen atoms in total. The molecule has 3 rings (SSSR count). The summed E-state index contributed by atoms with van der Waals surface area (Å²) in [5.74, 6) is -0.435. The molecule has 0 fully saturated rings. The second-order valence-corrected chi connectivity index (χ2v) is 5.90. The van der Waals surface area contributed by atoms with E-state index < -0.39 is 5.97 Å². The quantitative estimate of drug-likeness (QED) is 0.655. The first-order valence-electron chi connectivity index (χ1n) is 6.80. The van der Waals surface area contributed by atoms with Crippen molar-refractivity contribution in [1.82, 2.24) is 14.8 Å². The summed E-state index contributed by atoms with van der Waals surface area (Å²) in [6.07, 6.45) is 0. The zero-order valence-corrected chi connectivity index (χ0v) is 14.2. The molecule has 0 aliphatic rings. The Morgan fingerprint density at radius 1 is 1.22 bits per heavy atom. The van der Waals surface area contributed by atoms with E-state index in [-0.39, 0.29) is 0 Å². The third-order valence-corrected chi connectivity index (χ3v) is 4.33. The third kappa shape index (κ3) is 2.66. The number of ether oxygens (including phenoxy) is 1. The average molecular weight is 350 g/mol. The molecule has 0 amide bonds. The number of carbonyl (C=O) groups is 1. The number of pyridine rings is 1. The van der Waals surface area contributed by atoms with E-state index >= 15 is 0 Å². The van der Waals surface area contributed by atoms with E-state index in [2.05, 4.69) is 10.1 Å². The average Bonchev–Trinajstić information content (AvgIpc) is 2.83. The van der Waals surface area contributed by atoms with Crippen LogP contribution >= 0.6 is 23.2 Å².